The fraction of sp³-hybridized carbons (Fsp3) is 0.188. The molecule has 0 spiro atoms. The minimum Gasteiger partial charge on any atom is -0.459 e. The number of ether oxygens (including phenoxy) is 1. The van der Waals surface area contributed by atoms with Gasteiger partial charge in [-0.3, -0.25) is 14.9 Å². The Labute approximate surface area is 158 Å². The Kier molecular flexibility index (Phi) is 6.47. The van der Waals surface area contributed by atoms with Gasteiger partial charge < -0.3 is 10.1 Å². The molecule has 6 nitrogen and oxygen atoms in total. The zero-order valence-electron chi connectivity index (χ0n) is 12.7. The number of carbonyl (C=O) groups is 1. The topological polar surface area (TPSA) is 81.5 Å². The molecule has 0 heterocycles. The van der Waals surface area contributed by atoms with E-state index in [2.05, 4.69) is 5.32 Å². The molecule has 0 bridgehead atoms. The molecule has 2 aromatic rings. The summed E-state index contributed by atoms with van der Waals surface area (Å²) >= 11 is 17.5. The van der Waals surface area contributed by atoms with Gasteiger partial charge in [0.1, 0.15) is 0 Å². The molecule has 0 radical (unpaired) electrons. The predicted molar refractivity (Wildman–Crippen MR) is 96.1 cm³/mol. The summed E-state index contributed by atoms with van der Waals surface area (Å²) < 4.78 is 3.38. The average molecular weight is 404 g/mol. The average Bonchev–Trinajstić information content (AvgIpc) is 2.54. The fourth-order valence-electron chi connectivity index (χ4n) is 1.99. The van der Waals surface area contributed by atoms with Crippen molar-refractivity contribution in [2.45, 2.75) is 16.4 Å². The number of alkyl halides is 3. The third-order valence-electron chi connectivity index (χ3n) is 3.10. The first-order valence-electron chi connectivity index (χ1n) is 7.07. The number of para-hydroxylation sites is 2. The van der Waals surface area contributed by atoms with E-state index in [1.807, 2.05) is 6.07 Å². The van der Waals surface area contributed by atoms with Gasteiger partial charge in [0.25, 0.3) is 0 Å². The van der Waals surface area contributed by atoms with Crippen LogP contribution in [0.2, 0.25) is 0 Å². The summed E-state index contributed by atoms with van der Waals surface area (Å²) in [6, 6.07) is 14.6. The molecule has 132 valence electrons. The number of rotatable bonds is 6. The second-order valence-electron chi connectivity index (χ2n) is 4.99. The normalized spacial score (nSPS) is 12.3. The summed E-state index contributed by atoms with van der Waals surface area (Å²) in [5, 5.41) is 13.5. The van der Waals surface area contributed by atoms with E-state index in [0.29, 0.717) is 0 Å². The number of hydrogen-bond acceptors (Lipinski definition) is 4. The molecule has 2 rings (SSSR count). The van der Waals surface area contributed by atoms with Gasteiger partial charge in [0.05, 0.1) is 11.3 Å². The quantitative estimate of drug-likeness (QED) is 0.342. The molecule has 0 aromatic heterocycles. The standard InChI is InChI=1S/C16H13Cl3N2O4/c17-16(18,19)15(20-14(22)10-11-6-2-1-3-7-11)25-13-9-5-4-8-12(13)21(23)24/h1-9,15H,10H2,(H,20,22)/t15-/m1/s1. The van der Waals surface area contributed by atoms with Gasteiger partial charge in [-0.25, -0.2) is 0 Å². The lowest BCUT2D eigenvalue weighted by atomic mass is 10.1. The van der Waals surface area contributed by atoms with Gasteiger partial charge in [0, 0.05) is 6.07 Å². The zero-order chi connectivity index (χ0) is 18.4. The van der Waals surface area contributed by atoms with Gasteiger partial charge in [0.15, 0.2) is 5.75 Å². The molecular weight excluding hydrogens is 391 g/mol. The highest BCUT2D eigenvalue weighted by Crippen LogP contribution is 2.34. The maximum atomic E-state index is 12.2. The molecule has 0 aliphatic rings. The van der Waals surface area contributed by atoms with E-state index in [-0.39, 0.29) is 17.9 Å². The highest BCUT2D eigenvalue weighted by molar-refractivity contribution is 6.68. The van der Waals surface area contributed by atoms with Crippen LogP contribution in [0.15, 0.2) is 54.6 Å². The van der Waals surface area contributed by atoms with Crippen LogP contribution in [-0.2, 0) is 11.2 Å². The van der Waals surface area contributed by atoms with Crippen molar-refractivity contribution >= 4 is 46.4 Å². The summed E-state index contributed by atoms with van der Waals surface area (Å²) in [6.07, 6.45) is -1.37. The van der Waals surface area contributed by atoms with Crippen molar-refractivity contribution in [1.82, 2.24) is 5.32 Å². The third kappa shape index (κ3) is 5.77. The minimum atomic E-state index is -2.03. The van der Waals surface area contributed by atoms with Crippen LogP contribution in [-0.4, -0.2) is 20.9 Å². The number of carbonyl (C=O) groups excluding carboxylic acids is 1. The first-order valence-corrected chi connectivity index (χ1v) is 8.21. The first kappa shape index (κ1) is 19.3. The smallest absolute Gasteiger partial charge is 0.311 e. The van der Waals surface area contributed by atoms with E-state index in [9.17, 15) is 14.9 Å². The molecule has 0 fully saturated rings. The van der Waals surface area contributed by atoms with Crippen LogP contribution in [0.25, 0.3) is 0 Å². The van der Waals surface area contributed by atoms with E-state index in [4.69, 9.17) is 39.5 Å². The third-order valence-corrected chi connectivity index (χ3v) is 3.70. The number of nitro groups is 1. The second kappa shape index (κ2) is 8.38. The number of nitrogens with zero attached hydrogens (tertiary/aromatic N) is 1. The number of nitrogens with one attached hydrogen (secondary N) is 1. The summed E-state index contributed by atoms with van der Waals surface area (Å²) in [5.74, 6) is -0.579. The van der Waals surface area contributed by atoms with Crippen molar-refractivity contribution in [2.24, 2.45) is 0 Å². The largest absolute Gasteiger partial charge is 0.459 e. The van der Waals surface area contributed by atoms with Crippen LogP contribution in [0.5, 0.6) is 5.75 Å². The van der Waals surface area contributed by atoms with Crippen molar-refractivity contribution < 1.29 is 14.5 Å². The van der Waals surface area contributed by atoms with Crippen LogP contribution >= 0.6 is 34.8 Å². The Bertz CT molecular complexity index is 751. The Morgan fingerprint density at radius 3 is 2.32 bits per heavy atom. The van der Waals surface area contributed by atoms with E-state index in [0.717, 1.165) is 5.56 Å². The first-order chi connectivity index (χ1) is 11.8. The summed E-state index contributed by atoms with van der Waals surface area (Å²) in [5.41, 5.74) is 0.452. The Morgan fingerprint density at radius 1 is 1.12 bits per heavy atom. The van der Waals surface area contributed by atoms with Crippen molar-refractivity contribution in [3.63, 3.8) is 0 Å². The van der Waals surface area contributed by atoms with Crippen LogP contribution < -0.4 is 10.1 Å². The predicted octanol–water partition coefficient (Wildman–Crippen LogP) is 4.03. The Morgan fingerprint density at radius 2 is 1.72 bits per heavy atom. The molecule has 1 amide bonds. The number of hydrogen-bond donors (Lipinski definition) is 1. The molecule has 0 saturated carbocycles. The molecule has 0 aliphatic heterocycles. The highest BCUT2D eigenvalue weighted by atomic mass is 35.6. The summed E-state index contributed by atoms with van der Waals surface area (Å²) in [7, 11) is 0. The minimum absolute atomic E-state index is 0.0400. The van der Waals surface area contributed by atoms with Crippen LogP contribution in [0.1, 0.15) is 5.56 Å². The molecule has 1 N–H and O–H groups in total. The van der Waals surface area contributed by atoms with Crippen molar-refractivity contribution in [2.75, 3.05) is 0 Å². The maximum absolute atomic E-state index is 12.2. The number of halogens is 3. The van der Waals surface area contributed by atoms with E-state index >= 15 is 0 Å². The fourth-order valence-corrected chi connectivity index (χ4v) is 2.29. The second-order valence-corrected chi connectivity index (χ2v) is 7.36. The number of nitro benzene ring substituents is 1. The molecule has 25 heavy (non-hydrogen) atoms. The lowest BCUT2D eigenvalue weighted by Gasteiger charge is -2.26. The highest BCUT2D eigenvalue weighted by Gasteiger charge is 2.37. The molecule has 0 saturated heterocycles. The van der Waals surface area contributed by atoms with Crippen molar-refractivity contribution in [1.29, 1.82) is 0 Å². The van der Waals surface area contributed by atoms with Gasteiger partial charge in [-0.2, -0.15) is 0 Å². The van der Waals surface area contributed by atoms with Crippen molar-refractivity contribution in [3.05, 3.63) is 70.3 Å². The van der Waals surface area contributed by atoms with Crippen molar-refractivity contribution in [3.8, 4) is 5.75 Å². The van der Waals surface area contributed by atoms with E-state index in [1.54, 1.807) is 24.3 Å². The monoisotopic (exact) mass is 402 g/mol. The summed E-state index contributed by atoms with van der Waals surface area (Å²) in [6.45, 7) is 0. The SMILES string of the molecule is O=C(Cc1ccccc1)N[C@H](Oc1ccccc1[N+](=O)[O-])C(Cl)(Cl)Cl. The van der Waals surface area contributed by atoms with Gasteiger partial charge >= 0.3 is 5.69 Å². The van der Waals surface area contributed by atoms with Gasteiger partial charge in [-0.1, -0.05) is 77.3 Å². The van der Waals surface area contributed by atoms with Gasteiger partial charge in [0.2, 0.25) is 15.9 Å². The molecule has 0 aliphatic carbocycles. The lowest BCUT2D eigenvalue weighted by molar-refractivity contribution is -0.386. The molecule has 9 heteroatoms. The Balaban J connectivity index is 2.15. The van der Waals surface area contributed by atoms with Crippen LogP contribution in [0.4, 0.5) is 5.69 Å². The van der Waals surface area contributed by atoms with Crippen LogP contribution in [0, 0.1) is 10.1 Å². The number of amides is 1. The molecule has 1 atom stereocenters. The molecule has 2 aromatic carbocycles. The number of benzene rings is 2. The zero-order valence-corrected chi connectivity index (χ0v) is 15.0. The van der Waals surface area contributed by atoms with Gasteiger partial charge in [-0.15, -0.1) is 0 Å². The van der Waals surface area contributed by atoms with Gasteiger partial charge in [-0.05, 0) is 11.6 Å². The Hall–Kier alpha value is -2.02. The maximum Gasteiger partial charge on any atom is 0.311 e. The molecular formula is C16H13Cl3N2O4. The lowest BCUT2D eigenvalue weighted by Crippen LogP contribution is -2.48. The van der Waals surface area contributed by atoms with Crippen LogP contribution in [0.3, 0.4) is 0 Å². The summed E-state index contributed by atoms with van der Waals surface area (Å²) in [4.78, 5) is 22.6. The van der Waals surface area contributed by atoms with E-state index in [1.165, 1.54) is 24.3 Å². The molecule has 0 unspecified atom stereocenters. The van der Waals surface area contributed by atoms with E-state index < -0.39 is 20.9 Å².